The maximum absolute atomic E-state index is 8.41. The van der Waals surface area contributed by atoms with Gasteiger partial charge in [-0.25, -0.2) is 9.98 Å². The fourth-order valence-electron chi connectivity index (χ4n) is 2.70. The first-order valence-corrected chi connectivity index (χ1v) is 8.55. The van der Waals surface area contributed by atoms with E-state index < -0.39 is 0 Å². The van der Waals surface area contributed by atoms with Gasteiger partial charge in [-0.3, -0.25) is 0 Å². The quantitative estimate of drug-likeness (QED) is 0.386. The lowest BCUT2D eigenvalue weighted by atomic mass is 9.75. The van der Waals surface area contributed by atoms with Crippen molar-refractivity contribution in [1.82, 2.24) is 9.97 Å². The Labute approximate surface area is 144 Å². The lowest BCUT2D eigenvalue weighted by Crippen LogP contribution is -2.30. The molecule has 0 aliphatic rings. The van der Waals surface area contributed by atoms with Crippen LogP contribution in [0.2, 0.25) is 5.28 Å². The van der Waals surface area contributed by atoms with E-state index in [1.807, 2.05) is 0 Å². The largest absolute Gasteiger partial charge is 0.387 e. The second-order valence-corrected chi connectivity index (χ2v) is 6.93. The number of halogens is 1. The standard InChI is InChI=1S/C17H28ClN5/c1-5-7-12(6-2)11-17(3,4)13(19)10-14(20)22-15-8-9-21-16(18)23-15/h8-9,12,19H,5-7,10-11H2,1-4H3,(H2,20,21,22,23). The van der Waals surface area contributed by atoms with Crippen molar-refractivity contribution in [3.63, 3.8) is 0 Å². The number of aromatic nitrogens is 2. The summed E-state index contributed by atoms with van der Waals surface area (Å²) in [7, 11) is 0. The van der Waals surface area contributed by atoms with Crippen LogP contribution in [0.15, 0.2) is 17.3 Å². The van der Waals surface area contributed by atoms with Crippen LogP contribution in [0.4, 0.5) is 5.82 Å². The molecule has 0 radical (unpaired) electrons. The third kappa shape index (κ3) is 6.65. The van der Waals surface area contributed by atoms with Crippen LogP contribution in [0.1, 0.15) is 59.8 Å². The smallest absolute Gasteiger partial charge is 0.224 e. The van der Waals surface area contributed by atoms with Crippen molar-refractivity contribution in [3.8, 4) is 0 Å². The molecule has 0 amide bonds. The van der Waals surface area contributed by atoms with E-state index in [0.29, 0.717) is 29.7 Å². The lowest BCUT2D eigenvalue weighted by Gasteiger charge is -2.30. The molecule has 1 rings (SSSR count). The summed E-state index contributed by atoms with van der Waals surface area (Å²) in [5, 5.41) is 8.55. The van der Waals surface area contributed by atoms with E-state index >= 15 is 0 Å². The molecule has 1 unspecified atom stereocenters. The number of nitrogens with two attached hydrogens (primary N) is 1. The van der Waals surface area contributed by atoms with Crippen LogP contribution >= 0.6 is 11.6 Å². The van der Waals surface area contributed by atoms with E-state index in [0.717, 1.165) is 12.8 Å². The van der Waals surface area contributed by atoms with Crippen molar-refractivity contribution in [2.75, 3.05) is 0 Å². The van der Waals surface area contributed by atoms with Crippen molar-refractivity contribution in [1.29, 1.82) is 5.41 Å². The number of nitrogens with zero attached hydrogens (tertiary/aromatic N) is 3. The predicted octanol–water partition coefficient (Wildman–Crippen LogP) is 4.77. The molecular weight excluding hydrogens is 310 g/mol. The average molecular weight is 338 g/mol. The molecule has 0 saturated heterocycles. The molecule has 6 heteroatoms. The summed E-state index contributed by atoms with van der Waals surface area (Å²) < 4.78 is 0. The fraction of sp³-hybridized carbons (Fsp3) is 0.647. The Morgan fingerprint density at radius 2 is 2.13 bits per heavy atom. The number of hydrogen-bond donors (Lipinski definition) is 2. The van der Waals surface area contributed by atoms with Gasteiger partial charge >= 0.3 is 0 Å². The Hall–Kier alpha value is -1.49. The summed E-state index contributed by atoms with van der Waals surface area (Å²) in [4.78, 5) is 12.0. The van der Waals surface area contributed by atoms with Gasteiger partial charge in [-0.15, -0.1) is 0 Å². The highest BCUT2D eigenvalue weighted by Crippen LogP contribution is 2.32. The number of aliphatic imine (C=N–C) groups is 1. The molecule has 0 saturated carbocycles. The van der Waals surface area contributed by atoms with Crippen LogP contribution in [0.25, 0.3) is 0 Å². The predicted molar refractivity (Wildman–Crippen MR) is 97.8 cm³/mol. The molecule has 5 nitrogen and oxygen atoms in total. The third-order valence-electron chi connectivity index (χ3n) is 4.12. The molecule has 0 aromatic carbocycles. The summed E-state index contributed by atoms with van der Waals surface area (Å²) in [5.74, 6) is 1.45. The Morgan fingerprint density at radius 3 is 2.70 bits per heavy atom. The molecule has 0 fully saturated rings. The first-order chi connectivity index (χ1) is 10.8. The van der Waals surface area contributed by atoms with E-state index in [2.05, 4.69) is 42.7 Å². The van der Waals surface area contributed by atoms with Gasteiger partial charge in [-0.05, 0) is 23.9 Å². The van der Waals surface area contributed by atoms with E-state index in [4.69, 9.17) is 22.7 Å². The van der Waals surface area contributed by atoms with E-state index in [9.17, 15) is 0 Å². The van der Waals surface area contributed by atoms with Crippen molar-refractivity contribution in [2.24, 2.45) is 22.1 Å². The molecule has 0 bridgehead atoms. The van der Waals surface area contributed by atoms with E-state index in [1.54, 1.807) is 6.07 Å². The van der Waals surface area contributed by atoms with Gasteiger partial charge in [-0.2, -0.15) is 4.98 Å². The summed E-state index contributed by atoms with van der Waals surface area (Å²) >= 11 is 5.74. The molecule has 3 N–H and O–H groups in total. The van der Waals surface area contributed by atoms with E-state index in [1.165, 1.54) is 19.0 Å². The van der Waals surface area contributed by atoms with Crippen molar-refractivity contribution >= 4 is 29.0 Å². The number of nitrogens with one attached hydrogen (secondary N) is 1. The minimum atomic E-state index is -0.181. The second kappa shape index (κ2) is 8.96. The first-order valence-electron chi connectivity index (χ1n) is 8.18. The molecule has 1 atom stereocenters. The minimum Gasteiger partial charge on any atom is -0.387 e. The fourth-order valence-corrected chi connectivity index (χ4v) is 2.84. The Balaban J connectivity index is 2.72. The second-order valence-electron chi connectivity index (χ2n) is 6.59. The summed E-state index contributed by atoms with van der Waals surface area (Å²) in [6, 6.07) is 1.64. The van der Waals surface area contributed by atoms with Crippen LogP contribution < -0.4 is 5.73 Å². The SMILES string of the molecule is CCCC(CC)CC(C)(C)C(=N)CC(N)=Nc1ccnc(Cl)n1. The van der Waals surface area contributed by atoms with Crippen LogP contribution in [-0.2, 0) is 0 Å². The normalized spacial score (nSPS) is 13.9. The van der Waals surface area contributed by atoms with E-state index in [-0.39, 0.29) is 10.7 Å². The highest BCUT2D eigenvalue weighted by atomic mass is 35.5. The number of hydrogen-bond acceptors (Lipinski definition) is 4. The van der Waals surface area contributed by atoms with Gasteiger partial charge in [0.1, 0.15) is 5.84 Å². The van der Waals surface area contributed by atoms with Gasteiger partial charge in [0.05, 0.1) is 0 Å². The van der Waals surface area contributed by atoms with Crippen LogP contribution in [0.3, 0.4) is 0 Å². The monoisotopic (exact) mass is 337 g/mol. The molecule has 0 spiro atoms. The van der Waals surface area contributed by atoms with Gasteiger partial charge in [0.2, 0.25) is 5.28 Å². The summed E-state index contributed by atoms with van der Waals surface area (Å²) in [6.07, 6.45) is 6.41. The number of rotatable bonds is 9. The van der Waals surface area contributed by atoms with Gasteiger partial charge in [0.15, 0.2) is 5.82 Å². The molecule has 128 valence electrons. The topological polar surface area (TPSA) is 88.0 Å². The van der Waals surface area contributed by atoms with Crippen LogP contribution in [0.5, 0.6) is 0 Å². The molecule has 1 heterocycles. The highest BCUT2D eigenvalue weighted by molar-refractivity contribution is 6.28. The van der Waals surface area contributed by atoms with Crippen molar-refractivity contribution in [3.05, 3.63) is 17.5 Å². The van der Waals surface area contributed by atoms with Gasteiger partial charge in [0.25, 0.3) is 0 Å². The molecule has 0 aliphatic carbocycles. The van der Waals surface area contributed by atoms with Gasteiger partial charge in [0, 0.05) is 29.8 Å². The molecule has 1 aromatic heterocycles. The Morgan fingerprint density at radius 1 is 1.43 bits per heavy atom. The van der Waals surface area contributed by atoms with Crippen molar-refractivity contribution < 1.29 is 0 Å². The molecule has 1 aromatic rings. The summed E-state index contributed by atoms with van der Waals surface area (Å²) in [5.41, 5.74) is 6.40. The molecule has 23 heavy (non-hydrogen) atoms. The first kappa shape index (κ1) is 19.6. The molecule has 0 aliphatic heterocycles. The zero-order valence-corrected chi connectivity index (χ0v) is 15.3. The highest BCUT2D eigenvalue weighted by Gasteiger charge is 2.27. The zero-order chi connectivity index (χ0) is 17.5. The van der Waals surface area contributed by atoms with Crippen LogP contribution in [-0.4, -0.2) is 21.5 Å². The zero-order valence-electron chi connectivity index (χ0n) is 14.6. The maximum atomic E-state index is 8.41. The van der Waals surface area contributed by atoms with Gasteiger partial charge in [-0.1, -0.05) is 47.0 Å². The Bertz CT molecular complexity index is 554. The summed E-state index contributed by atoms with van der Waals surface area (Å²) in [6.45, 7) is 8.65. The van der Waals surface area contributed by atoms with Crippen molar-refractivity contribution in [2.45, 2.75) is 59.8 Å². The van der Waals surface area contributed by atoms with Crippen LogP contribution in [0, 0.1) is 16.7 Å². The lowest BCUT2D eigenvalue weighted by molar-refractivity contribution is 0.324. The Kier molecular flexibility index (Phi) is 7.62. The third-order valence-corrected chi connectivity index (χ3v) is 4.30. The van der Waals surface area contributed by atoms with Gasteiger partial charge < -0.3 is 11.1 Å². The minimum absolute atomic E-state index is 0.139. The average Bonchev–Trinajstić information content (AvgIpc) is 2.46. The number of amidine groups is 1. The molecular formula is C17H28ClN5. The maximum Gasteiger partial charge on any atom is 0.224 e.